The molecule has 2 amide bonds. The van der Waals surface area contributed by atoms with Crippen LogP contribution in [0.2, 0.25) is 0 Å². The number of carbonyl (C=O) groups excluding carboxylic acids is 2. The molecule has 2 heterocycles. The second-order valence-electron chi connectivity index (χ2n) is 4.88. The first-order valence-electron chi connectivity index (χ1n) is 7.10. The summed E-state index contributed by atoms with van der Waals surface area (Å²) in [5.74, 6) is 0.494. The number of likely N-dealkylation sites (N-methyl/N-ethyl adjacent to an activating group) is 1. The number of fused-ring (bicyclic) bond motifs is 1. The number of para-hydroxylation sites is 1. The van der Waals surface area contributed by atoms with Gasteiger partial charge in [0.1, 0.15) is 19.8 Å². The van der Waals surface area contributed by atoms with Crippen molar-refractivity contribution in [2.24, 2.45) is 0 Å². The number of hydrogen-bond acceptors (Lipinski definition) is 5. The van der Waals surface area contributed by atoms with Crippen LogP contribution in [0.25, 0.3) is 0 Å². The number of benzene rings is 1. The van der Waals surface area contributed by atoms with E-state index in [-0.39, 0.29) is 18.4 Å². The molecule has 0 saturated heterocycles. The number of amides is 2. The highest BCUT2D eigenvalue weighted by Crippen LogP contribution is 2.33. The van der Waals surface area contributed by atoms with Crippen molar-refractivity contribution in [3.05, 3.63) is 36.2 Å². The highest BCUT2D eigenvalue weighted by molar-refractivity contribution is 6.06. The van der Waals surface area contributed by atoms with Crippen molar-refractivity contribution in [2.45, 2.75) is 6.54 Å². The third-order valence-electron chi connectivity index (χ3n) is 3.29. The maximum atomic E-state index is 12.4. The quantitative estimate of drug-likeness (QED) is 0.864. The van der Waals surface area contributed by atoms with Crippen LogP contribution in [0.1, 0.15) is 10.4 Å². The third-order valence-corrected chi connectivity index (χ3v) is 3.29. The summed E-state index contributed by atoms with van der Waals surface area (Å²) < 4.78 is 12.4. The Morgan fingerprint density at radius 3 is 2.96 bits per heavy atom. The summed E-state index contributed by atoms with van der Waals surface area (Å²) >= 11 is 0. The number of anilines is 1. The molecule has 1 aliphatic heterocycles. The molecule has 0 aliphatic carbocycles. The van der Waals surface area contributed by atoms with Crippen LogP contribution in [-0.2, 0) is 11.3 Å². The van der Waals surface area contributed by atoms with Crippen LogP contribution in [0.3, 0.4) is 0 Å². The molecule has 2 aromatic rings. The zero-order chi connectivity index (χ0) is 16.2. The molecule has 3 rings (SSSR count). The van der Waals surface area contributed by atoms with Gasteiger partial charge in [-0.1, -0.05) is 6.07 Å². The van der Waals surface area contributed by atoms with Gasteiger partial charge in [-0.25, -0.2) is 0 Å². The van der Waals surface area contributed by atoms with Gasteiger partial charge in [0.25, 0.3) is 5.91 Å². The maximum absolute atomic E-state index is 12.4. The van der Waals surface area contributed by atoms with Crippen LogP contribution < -0.4 is 20.1 Å². The number of rotatable bonds is 4. The predicted octanol–water partition coefficient (Wildman–Crippen LogP) is 0.653. The van der Waals surface area contributed by atoms with Crippen molar-refractivity contribution in [1.82, 2.24) is 15.1 Å². The van der Waals surface area contributed by atoms with E-state index in [4.69, 9.17) is 9.47 Å². The molecule has 8 heteroatoms. The molecular weight excluding hydrogens is 300 g/mol. The fourth-order valence-corrected chi connectivity index (χ4v) is 2.19. The van der Waals surface area contributed by atoms with Crippen LogP contribution in [0, 0.1) is 0 Å². The van der Waals surface area contributed by atoms with E-state index in [0.717, 1.165) is 0 Å². The lowest BCUT2D eigenvalue weighted by Gasteiger charge is -2.20. The molecular formula is C15H16N4O4. The molecule has 0 bridgehead atoms. The largest absolute Gasteiger partial charge is 0.486 e. The average molecular weight is 316 g/mol. The minimum atomic E-state index is -0.327. The van der Waals surface area contributed by atoms with Crippen molar-refractivity contribution in [2.75, 3.05) is 25.6 Å². The number of aromatic nitrogens is 2. The lowest BCUT2D eigenvalue weighted by Crippen LogP contribution is -2.23. The lowest BCUT2D eigenvalue weighted by molar-refractivity contribution is -0.121. The fourth-order valence-electron chi connectivity index (χ4n) is 2.19. The van der Waals surface area contributed by atoms with E-state index < -0.39 is 0 Å². The normalized spacial score (nSPS) is 12.6. The van der Waals surface area contributed by atoms with Gasteiger partial charge in [0, 0.05) is 13.2 Å². The van der Waals surface area contributed by atoms with Gasteiger partial charge in [-0.15, -0.1) is 0 Å². The second kappa shape index (κ2) is 6.39. The first-order valence-corrected chi connectivity index (χ1v) is 7.10. The average Bonchev–Trinajstić information content (AvgIpc) is 3.01. The molecule has 8 nitrogen and oxygen atoms in total. The van der Waals surface area contributed by atoms with E-state index in [1.807, 2.05) is 0 Å². The van der Waals surface area contributed by atoms with Gasteiger partial charge in [-0.3, -0.25) is 14.3 Å². The first-order chi connectivity index (χ1) is 11.2. The van der Waals surface area contributed by atoms with E-state index in [9.17, 15) is 9.59 Å². The Labute approximate surface area is 132 Å². The van der Waals surface area contributed by atoms with Crippen LogP contribution in [-0.4, -0.2) is 41.9 Å². The summed E-state index contributed by atoms with van der Waals surface area (Å²) in [5.41, 5.74) is 0.884. The predicted molar refractivity (Wildman–Crippen MR) is 81.7 cm³/mol. The summed E-state index contributed by atoms with van der Waals surface area (Å²) in [6.45, 7) is 0.954. The van der Waals surface area contributed by atoms with Crippen LogP contribution in [0.4, 0.5) is 5.69 Å². The Kier molecular flexibility index (Phi) is 4.13. The monoisotopic (exact) mass is 316 g/mol. The highest BCUT2D eigenvalue weighted by atomic mass is 16.6. The molecule has 1 aliphatic rings. The fraction of sp³-hybridized carbons (Fsp3) is 0.267. The standard InChI is InChI=1S/C15H16N4O4/c1-16-13(20)9-19-8-10(7-17-19)18-15(21)11-3-2-4-12-14(11)23-6-5-22-12/h2-4,7-8H,5-6,9H2,1H3,(H,16,20)(H,18,21). The van der Waals surface area contributed by atoms with Crippen molar-refractivity contribution in [1.29, 1.82) is 0 Å². The maximum Gasteiger partial charge on any atom is 0.259 e. The minimum Gasteiger partial charge on any atom is -0.486 e. The molecule has 0 saturated carbocycles. The Morgan fingerprint density at radius 2 is 2.13 bits per heavy atom. The molecule has 23 heavy (non-hydrogen) atoms. The number of carbonyl (C=O) groups is 2. The zero-order valence-corrected chi connectivity index (χ0v) is 12.5. The molecule has 0 radical (unpaired) electrons. The summed E-state index contributed by atoms with van der Waals surface area (Å²) in [7, 11) is 1.55. The summed E-state index contributed by atoms with van der Waals surface area (Å²) in [4.78, 5) is 23.7. The van der Waals surface area contributed by atoms with Crippen molar-refractivity contribution < 1.29 is 19.1 Å². The van der Waals surface area contributed by atoms with Gasteiger partial charge in [-0.05, 0) is 12.1 Å². The molecule has 0 unspecified atom stereocenters. The van der Waals surface area contributed by atoms with Gasteiger partial charge < -0.3 is 20.1 Å². The smallest absolute Gasteiger partial charge is 0.259 e. The SMILES string of the molecule is CNC(=O)Cn1cc(NC(=O)c2cccc3c2OCCO3)cn1. The second-order valence-corrected chi connectivity index (χ2v) is 4.88. The summed E-state index contributed by atoms with van der Waals surface area (Å²) in [5, 5.41) is 9.26. The van der Waals surface area contributed by atoms with E-state index in [1.54, 1.807) is 31.4 Å². The van der Waals surface area contributed by atoms with Gasteiger partial charge >= 0.3 is 0 Å². The topological polar surface area (TPSA) is 94.5 Å². The number of hydrogen-bond donors (Lipinski definition) is 2. The van der Waals surface area contributed by atoms with E-state index in [2.05, 4.69) is 15.7 Å². The van der Waals surface area contributed by atoms with Crippen molar-refractivity contribution >= 4 is 17.5 Å². The van der Waals surface area contributed by atoms with E-state index in [0.29, 0.717) is 36.0 Å². The van der Waals surface area contributed by atoms with E-state index >= 15 is 0 Å². The molecule has 120 valence electrons. The van der Waals surface area contributed by atoms with E-state index in [1.165, 1.54) is 10.9 Å². The van der Waals surface area contributed by atoms with Gasteiger partial charge in [0.15, 0.2) is 11.5 Å². The summed E-state index contributed by atoms with van der Waals surface area (Å²) in [6, 6.07) is 5.15. The van der Waals surface area contributed by atoms with Gasteiger partial charge in [0.05, 0.1) is 17.4 Å². The van der Waals surface area contributed by atoms with Crippen molar-refractivity contribution in [3.8, 4) is 11.5 Å². The number of ether oxygens (including phenoxy) is 2. The zero-order valence-electron chi connectivity index (χ0n) is 12.5. The van der Waals surface area contributed by atoms with Crippen LogP contribution >= 0.6 is 0 Å². The minimum absolute atomic E-state index is 0.0874. The van der Waals surface area contributed by atoms with Crippen molar-refractivity contribution in [3.63, 3.8) is 0 Å². The summed E-state index contributed by atoms with van der Waals surface area (Å²) in [6.07, 6.45) is 3.06. The van der Waals surface area contributed by atoms with Gasteiger partial charge in [0.2, 0.25) is 5.91 Å². The van der Waals surface area contributed by atoms with Crippen LogP contribution in [0.5, 0.6) is 11.5 Å². The molecule has 1 aromatic carbocycles. The number of nitrogens with one attached hydrogen (secondary N) is 2. The number of nitrogens with zero attached hydrogens (tertiary/aromatic N) is 2. The molecule has 1 aromatic heterocycles. The Balaban J connectivity index is 1.74. The molecule has 2 N–H and O–H groups in total. The molecule has 0 spiro atoms. The Morgan fingerprint density at radius 1 is 1.30 bits per heavy atom. The lowest BCUT2D eigenvalue weighted by atomic mass is 10.1. The first kappa shape index (κ1) is 14.9. The van der Waals surface area contributed by atoms with Gasteiger partial charge in [-0.2, -0.15) is 5.10 Å². The van der Waals surface area contributed by atoms with Crippen LogP contribution in [0.15, 0.2) is 30.6 Å². The molecule has 0 atom stereocenters. The highest BCUT2D eigenvalue weighted by Gasteiger charge is 2.20. The Bertz CT molecular complexity index is 741. The third kappa shape index (κ3) is 3.25. The Hall–Kier alpha value is -3.03. The molecule has 0 fully saturated rings.